The Bertz CT molecular complexity index is 720. The highest BCUT2D eigenvalue weighted by Crippen LogP contribution is 2.13. The molecule has 0 aliphatic heterocycles. The van der Waals surface area contributed by atoms with Gasteiger partial charge >= 0.3 is 17.8 Å². The maximum Gasteiger partial charge on any atom is 0.328 e. The van der Waals surface area contributed by atoms with Crippen LogP contribution in [-0.2, 0) is 30.3 Å². The van der Waals surface area contributed by atoms with E-state index in [-0.39, 0.29) is 24.4 Å². The number of ether oxygens (including phenoxy) is 1. The van der Waals surface area contributed by atoms with Crippen molar-refractivity contribution in [2.24, 2.45) is 0 Å². The normalized spacial score (nSPS) is 11.7. The first kappa shape index (κ1) is 24.1. The van der Waals surface area contributed by atoms with E-state index in [1.54, 1.807) is 12.1 Å². The van der Waals surface area contributed by atoms with E-state index in [1.165, 1.54) is 18.9 Å². The summed E-state index contributed by atoms with van der Waals surface area (Å²) in [5.74, 6) is -2.28. The van der Waals surface area contributed by atoms with Gasteiger partial charge in [0.15, 0.2) is 0 Å². The number of carbonyl (C=O) groups excluding carboxylic acids is 4. The molecule has 0 heterocycles. The summed E-state index contributed by atoms with van der Waals surface area (Å²) in [7, 11) is 1.24. The monoisotopic (exact) mass is 405 g/mol. The van der Waals surface area contributed by atoms with Gasteiger partial charge in [0, 0.05) is 24.7 Å². The van der Waals surface area contributed by atoms with Crippen molar-refractivity contribution in [3.63, 3.8) is 0 Å². The quantitative estimate of drug-likeness (QED) is 0.508. The molecule has 0 bridgehead atoms. The Morgan fingerprint density at radius 1 is 1.00 bits per heavy atom. The van der Waals surface area contributed by atoms with Crippen molar-refractivity contribution in [3.05, 3.63) is 29.8 Å². The first-order valence-electron chi connectivity index (χ1n) is 9.64. The summed E-state index contributed by atoms with van der Waals surface area (Å²) in [6.07, 6.45) is 0.751. The molecule has 8 heteroatoms. The standard InChI is InChI=1S/C21H31N3O5/c1-13(2)24(14(3)4)20(27)19(26)23-18(21(28)29-6)12-9-16-7-10-17(11-8-16)22-15(5)25/h7-8,10-11,13-14,18H,9,12H2,1-6H3,(H,22,25)(H,23,26). The third-order valence-electron chi connectivity index (χ3n) is 4.33. The smallest absolute Gasteiger partial charge is 0.328 e. The van der Waals surface area contributed by atoms with Crippen molar-refractivity contribution in [1.82, 2.24) is 10.2 Å². The predicted octanol–water partition coefficient (Wildman–Crippen LogP) is 1.88. The van der Waals surface area contributed by atoms with Gasteiger partial charge in [0.2, 0.25) is 5.91 Å². The van der Waals surface area contributed by atoms with Gasteiger partial charge in [0.1, 0.15) is 6.04 Å². The zero-order chi connectivity index (χ0) is 22.1. The number of benzene rings is 1. The molecule has 0 saturated heterocycles. The highest BCUT2D eigenvalue weighted by Gasteiger charge is 2.30. The number of amides is 3. The van der Waals surface area contributed by atoms with Gasteiger partial charge in [-0.2, -0.15) is 0 Å². The summed E-state index contributed by atoms with van der Waals surface area (Å²) in [5.41, 5.74) is 1.59. The summed E-state index contributed by atoms with van der Waals surface area (Å²) < 4.78 is 4.77. The molecule has 1 aromatic rings. The summed E-state index contributed by atoms with van der Waals surface area (Å²) >= 11 is 0. The van der Waals surface area contributed by atoms with Crippen LogP contribution in [0.5, 0.6) is 0 Å². The van der Waals surface area contributed by atoms with Gasteiger partial charge in [0.05, 0.1) is 7.11 Å². The Labute approximate surface area is 172 Å². The molecule has 0 aliphatic rings. The molecule has 1 rings (SSSR count). The van der Waals surface area contributed by atoms with Crippen LogP contribution in [0.2, 0.25) is 0 Å². The van der Waals surface area contributed by atoms with Gasteiger partial charge in [-0.15, -0.1) is 0 Å². The largest absolute Gasteiger partial charge is 0.467 e. The number of methoxy groups -OCH3 is 1. The van der Waals surface area contributed by atoms with Crippen LogP contribution in [0.1, 0.15) is 46.6 Å². The Morgan fingerprint density at radius 2 is 1.55 bits per heavy atom. The van der Waals surface area contributed by atoms with E-state index in [1.807, 2.05) is 39.8 Å². The van der Waals surface area contributed by atoms with Crippen molar-refractivity contribution < 1.29 is 23.9 Å². The average molecular weight is 405 g/mol. The Morgan fingerprint density at radius 3 is 2.00 bits per heavy atom. The summed E-state index contributed by atoms with van der Waals surface area (Å²) in [6.45, 7) is 8.74. The fourth-order valence-electron chi connectivity index (χ4n) is 3.06. The highest BCUT2D eigenvalue weighted by molar-refractivity contribution is 6.35. The average Bonchev–Trinajstić information content (AvgIpc) is 2.64. The van der Waals surface area contributed by atoms with Gasteiger partial charge in [-0.3, -0.25) is 14.4 Å². The molecule has 1 atom stereocenters. The number of nitrogens with zero attached hydrogens (tertiary/aromatic N) is 1. The fraction of sp³-hybridized carbons (Fsp3) is 0.524. The minimum atomic E-state index is -0.937. The molecule has 0 spiro atoms. The molecule has 0 saturated carbocycles. The fourth-order valence-corrected chi connectivity index (χ4v) is 3.06. The van der Waals surface area contributed by atoms with Crippen molar-refractivity contribution in [2.75, 3.05) is 12.4 Å². The molecule has 0 radical (unpaired) electrons. The molecule has 3 amide bonds. The van der Waals surface area contributed by atoms with Gasteiger partial charge in [-0.1, -0.05) is 12.1 Å². The van der Waals surface area contributed by atoms with E-state index >= 15 is 0 Å². The van der Waals surface area contributed by atoms with Crippen LogP contribution in [0.25, 0.3) is 0 Å². The van der Waals surface area contributed by atoms with E-state index in [9.17, 15) is 19.2 Å². The predicted molar refractivity (Wildman–Crippen MR) is 110 cm³/mol. The van der Waals surface area contributed by atoms with Crippen molar-refractivity contribution in [2.45, 2.75) is 65.6 Å². The van der Waals surface area contributed by atoms with Gasteiger partial charge < -0.3 is 20.3 Å². The Balaban J connectivity index is 2.80. The van der Waals surface area contributed by atoms with Crippen molar-refractivity contribution >= 4 is 29.4 Å². The molecule has 0 fully saturated rings. The van der Waals surface area contributed by atoms with Crippen LogP contribution in [0.15, 0.2) is 24.3 Å². The van der Waals surface area contributed by atoms with Crippen LogP contribution in [0.3, 0.4) is 0 Å². The van der Waals surface area contributed by atoms with E-state index in [4.69, 9.17) is 4.74 Å². The zero-order valence-corrected chi connectivity index (χ0v) is 17.9. The summed E-state index contributed by atoms with van der Waals surface area (Å²) in [5, 5.41) is 5.18. The van der Waals surface area contributed by atoms with E-state index < -0.39 is 23.8 Å². The lowest BCUT2D eigenvalue weighted by molar-refractivity contribution is -0.151. The number of carbonyl (C=O) groups is 4. The van der Waals surface area contributed by atoms with Crippen molar-refractivity contribution in [1.29, 1.82) is 0 Å². The van der Waals surface area contributed by atoms with E-state index in [2.05, 4.69) is 10.6 Å². The number of aryl methyl sites for hydroxylation is 1. The molecular weight excluding hydrogens is 374 g/mol. The molecule has 8 nitrogen and oxygen atoms in total. The van der Waals surface area contributed by atoms with Crippen LogP contribution >= 0.6 is 0 Å². The third-order valence-corrected chi connectivity index (χ3v) is 4.33. The Hall–Kier alpha value is -2.90. The van der Waals surface area contributed by atoms with Crippen LogP contribution in [-0.4, -0.2) is 53.8 Å². The second-order valence-corrected chi connectivity index (χ2v) is 7.37. The number of rotatable bonds is 8. The van der Waals surface area contributed by atoms with Crippen LogP contribution in [0.4, 0.5) is 5.69 Å². The SMILES string of the molecule is COC(=O)C(CCc1ccc(NC(C)=O)cc1)NC(=O)C(=O)N(C(C)C)C(C)C. The number of nitrogens with one attached hydrogen (secondary N) is 2. The maximum atomic E-state index is 12.5. The molecule has 0 aromatic heterocycles. The first-order valence-corrected chi connectivity index (χ1v) is 9.64. The number of esters is 1. The molecule has 1 unspecified atom stereocenters. The minimum absolute atomic E-state index is 0.146. The van der Waals surface area contributed by atoms with Gasteiger partial charge in [-0.05, 0) is 58.2 Å². The molecule has 2 N–H and O–H groups in total. The lowest BCUT2D eigenvalue weighted by Crippen LogP contribution is -2.53. The van der Waals surface area contributed by atoms with E-state index in [0.717, 1.165) is 5.56 Å². The van der Waals surface area contributed by atoms with E-state index in [0.29, 0.717) is 12.1 Å². The minimum Gasteiger partial charge on any atom is -0.467 e. The third kappa shape index (κ3) is 7.56. The summed E-state index contributed by atoms with van der Waals surface area (Å²) in [4.78, 5) is 49.6. The number of hydrogen-bond acceptors (Lipinski definition) is 5. The first-order chi connectivity index (χ1) is 13.6. The number of hydrogen-bond donors (Lipinski definition) is 2. The lowest BCUT2D eigenvalue weighted by atomic mass is 10.0. The lowest BCUT2D eigenvalue weighted by Gasteiger charge is -2.30. The topological polar surface area (TPSA) is 105 Å². The molecule has 0 aliphatic carbocycles. The summed E-state index contributed by atoms with van der Waals surface area (Å²) in [6, 6.07) is 5.94. The molecular formula is C21H31N3O5. The maximum absolute atomic E-state index is 12.5. The molecule has 1 aromatic carbocycles. The highest BCUT2D eigenvalue weighted by atomic mass is 16.5. The zero-order valence-electron chi connectivity index (χ0n) is 17.9. The van der Waals surface area contributed by atoms with Gasteiger partial charge in [0.25, 0.3) is 0 Å². The molecule has 29 heavy (non-hydrogen) atoms. The second kappa shape index (κ2) is 11.2. The Kier molecular flexibility index (Phi) is 9.31. The van der Waals surface area contributed by atoms with Crippen molar-refractivity contribution in [3.8, 4) is 0 Å². The number of anilines is 1. The second-order valence-electron chi connectivity index (χ2n) is 7.37. The molecule has 160 valence electrons. The van der Waals surface area contributed by atoms with Crippen LogP contribution < -0.4 is 10.6 Å². The van der Waals surface area contributed by atoms with Crippen LogP contribution in [0, 0.1) is 0 Å². The van der Waals surface area contributed by atoms with Gasteiger partial charge in [-0.25, -0.2) is 4.79 Å².